The molecule has 0 fully saturated rings. The van der Waals surface area contributed by atoms with Crippen LogP contribution in [0.5, 0.6) is 0 Å². The highest BCUT2D eigenvalue weighted by Gasteiger charge is 2.18. The molecule has 19 heavy (non-hydrogen) atoms. The number of ketones is 1. The Balaban J connectivity index is 2.43. The van der Waals surface area contributed by atoms with E-state index in [2.05, 4.69) is 28.0 Å². The maximum atomic E-state index is 12.6. The summed E-state index contributed by atoms with van der Waals surface area (Å²) in [5.41, 5.74) is 3.66. The molecule has 4 heteroatoms. The van der Waals surface area contributed by atoms with E-state index in [1.165, 1.54) is 5.56 Å². The lowest BCUT2D eigenvalue weighted by Crippen LogP contribution is -2.12. The van der Waals surface area contributed by atoms with Gasteiger partial charge in [0.05, 0.1) is 10.7 Å². The second-order valence-corrected chi connectivity index (χ2v) is 5.55. The largest absolute Gasteiger partial charge is 0.287 e. The van der Waals surface area contributed by atoms with Gasteiger partial charge in [0.1, 0.15) is 5.69 Å². The predicted molar refractivity (Wildman–Crippen MR) is 79.6 cm³/mol. The van der Waals surface area contributed by atoms with Gasteiger partial charge in [-0.1, -0.05) is 19.1 Å². The summed E-state index contributed by atoms with van der Waals surface area (Å²) in [6, 6.07) is 5.80. The summed E-state index contributed by atoms with van der Waals surface area (Å²) in [4.78, 5) is 12.6. The molecule has 1 aromatic carbocycles. The normalized spacial score (nSPS) is 10.7. The standard InChI is InChI=1S/C15H17BrN2O/c1-4-7-18-14(13(16)9-17-18)15(19)12-6-5-10(2)11(3)8-12/h5-6,8-9H,4,7H2,1-3H3. The van der Waals surface area contributed by atoms with Gasteiger partial charge in [-0.2, -0.15) is 5.10 Å². The molecular formula is C15H17BrN2O. The molecule has 0 aliphatic carbocycles. The van der Waals surface area contributed by atoms with E-state index < -0.39 is 0 Å². The maximum Gasteiger partial charge on any atom is 0.212 e. The van der Waals surface area contributed by atoms with E-state index in [0.29, 0.717) is 11.3 Å². The number of rotatable bonds is 4. The number of carbonyl (C=O) groups is 1. The summed E-state index contributed by atoms with van der Waals surface area (Å²) >= 11 is 3.41. The molecule has 3 nitrogen and oxygen atoms in total. The van der Waals surface area contributed by atoms with Gasteiger partial charge < -0.3 is 0 Å². The van der Waals surface area contributed by atoms with E-state index in [1.54, 1.807) is 10.9 Å². The van der Waals surface area contributed by atoms with Crippen LogP contribution in [0.25, 0.3) is 0 Å². The fourth-order valence-electron chi connectivity index (χ4n) is 1.99. The first kappa shape index (κ1) is 14.0. The predicted octanol–water partition coefficient (Wildman–Crippen LogP) is 3.90. The van der Waals surface area contributed by atoms with Crippen molar-refractivity contribution in [3.8, 4) is 0 Å². The summed E-state index contributed by atoms with van der Waals surface area (Å²) < 4.78 is 2.52. The first-order chi connectivity index (χ1) is 9.04. The van der Waals surface area contributed by atoms with Crippen molar-refractivity contribution in [1.82, 2.24) is 9.78 Å². The number of aromatic nitrogens is 2. The minimum absolute atomic E-state index is 0.0147. The smallest absolute Gasteiger partial charge is 0.212 e. The van der Waals surface area contributed by atoms with Crippen LogP contribution < -0.4 is 0 Å². The quantitative estimate of drug-likeness (QED) is 0.801. The monoisotopic (exact) mass is 320 g/mol. The number of benzene rings is 1. The van der Waals surface area contributed by atoms with Crippen LogP contribution in [0.3, 0.4) is 0 Å². The minimum Gasteiger partial charge on any atom is -0.287 e. The van der Waals surface area contributed by atoms with E-state index in [1.807, 2.05) is 32.0 Å². The van der Waals surface area contributed by atoms with Crippen LogP contribution in [0, 0.1) is 13.8 Å². The van der Waals surface area contributed by atoms with Gasteiger partial charge in [-0.25, -0.2) is 0 Å². The highest BCUT2D eigenvalue weighted by molar-refractivity contribution is 9.10. The molecular weight excluding hydrogens is 304 g/mol. The third kappa shape index (κ3) is 2.78. The SMILES string of the molecule is CCCn1ncc(Br)c1C(=O)c1ccc(C)c(C)c1. The van der Waals surface area contributed by atoms with Gasteiger partial charge in [0.2, 0.25) is 5.78 Å². The summed E-state index contributed by atoms with van der Waals surface area (Å²) in [6.07, 6.45) is 2.63. The summed E-state index contributed by atoms with van der Waals surface area (Å²) in [7, 11) is 0. The van der Waals surface area contributed by atoms with Gasteiger partial charge in [-0.15, -0.1) is 0 Å². The van der Waals surface area contributed by atoms with Crippen molar-refractivity contribution in [2.24, 2.45) is 0 Å². The number of halogens is 1. The van der Waals surface area contributed by atoms with Crippen molar-refractivity contribution >= 4 is 21.7 Å². The van der Waals surface area contributed by atoms with Gasteiger partial charge >= 0.3 is 0 Å². The molecule has 0 radical (unpaired) electrons. The molecule has 0 spiro atoms. The fraction of sp³-hybridized carbons (Fsp3) is 0.333. The van der Waals surface area contributed by atoms with Crippen LogP contribution in [0.1, 0.15) is 40.5 Å². The van der Waals surface area contributed by atoms with Crippen LogP contribution in [-0.2, 0) is 6.54 Å². The molecule has 0 bridgehead atoms. The Kier molecular flexibility index (Phi) is 4.20. The summed E-state index contributed by atoms with van der Waals surface area (Å²) in [6.45, 7) is 6.88. The van der Waals surface area contributed by atoms with Crippen molar-refractivity contribution in [1.29, 1.82) is 0 Å². The van der Waals surface area contributed by atoms with Crippen molar-refractivity contribution in [3.63, 3.8) is 0 Å². The number of carbonyl (C=O) groups excluding carboxylic acids is 1. The Morgan fingerprint density at radius 3 is 2.68 bits per heavy atom. The third-order valence-corrected chi connectivity index (χ3v) is 3.79. The van der Waals surface area contributed by atoms with Crippen LogP contribution in [0.4, 0.5) is 0 Å². The second-order valence-electron chi connectivity index (χ2n) is 4.69. The molecule has 0 N–H and O–H groups in total. The van der Waals surface area contributed by atoms with Crippen LogP contribution in [0.15, 0.2) is 28.9 Å². The molecule has 1 heterocycles. The van der Waals surface area contributed by atoms with Crippen molar-refractivity contribution in [2.75, 3.05) is 0 Å². The first-order valence-electron chi connectivity index (χ1n) is 6.37. The Hall–Kier alpha value is -1.42. The van der Waals surface area contributed by atoms with Gasteiger partial charge in [0, 0.05) is 12.1 Å². The average Bonchev–Trinajstić information content (AvgIpc) is 2.74. The van der Waals surface area contributed by atoms with Crippen molar-refractivity contribution in [3.05, 3.63) is 51.3 Å². The molecule has 0 saturated carbocycles. The Bertz CT molecular complexity index is 617. The number of hydrogen-bond acceptors (Lipinski definition) is 2. The average molecular weight is 321 g/mol. The highest BCUT2D eigenvalue weighted by Crippen LogP contribution is 2.21. The third-order valence-electron chi connectivity index (χ3n) is 3.21. The Morgan fingerprint density at radius 2 is 2.05 bits per heavy atom. The molecule has 0 atom stereocenters. The summed E-state index contributed by atoms with van der Waals surface area (Å²) in [5, 5.41) is 4.24. The minimum atomic E-state index is 0.0147. The van der Waals surface area contributed by atoms with E-state index in [0.717, 1.165) is 23.0 Å². The molecule has 0 saturated heterocycles. The van der Waals surface area contributed by atoms with Crippen LogP contribution in [-0.4, -0.2) is 15.6 Å². The zero-order chi connectivity index (χ0) is 14.0. The van der Waals surface area contributed by atoms with Crippen molar-refractivity contribution in [2.45, 2.75) is 33.7 Å². The first-order valence-corrected chi connectivity index (χ1v) is 7.17. The maximum absolute atomic E-state index is 12.6. The number of hydrogen-bond donors (Lipinski definition) is 0. The molecule has 0 aliphatic rings. The van der Waals surface area contributed by atoms with Gasteiger partial charge in [0.15, 0.2) is 0 Å². The van der Waals surface area contributed by atoms with Crippen molar-refractivity contribution < 1.29 is 4.79 Å². The van der Waals surface area contributed by atoms with Gasteiger partial charge in [-0.3, -0.25) is 9.48 Å². The zero-order valence-electron chi connectivity index (χ0n) is 11.4. The van der Waals surface area contributed by atoms with Crippen LogP contribution in [0.2, 0.25) is 0 Å². The second kappa shape index (κ2) is 5.70. The molecule has 100 valence electrons. The summed E-state index contributed by atoms with van der Waals surface area (Å²) in [5.74, 6) is 0.0147. The number of nitrogens with zero attached hydrogens (tertiary/aromatic N) is 2. The van der Waals surface area contributed by atoms with Gasteiger partial charge in [0.25, 0.3) is 0 Å². The zero-order valence-corrected chi connectivity index (χ0v) is 13.0. The molecule has 2 aromatic rings. The lowest BCUT2D eigenvalue weighted by atomic mass is 10.0. The highest BCUT2D eigenvalue weighted by atomic mass is 79.9. The van der Waals surface area contributed by atoms with E-state index >= 15 is 0 Å². The lowest BCUT2D eigenvalue weighted by Gasteiger charge is -2.08. The number of aryl methyl sites for hydroxylation is 3. The molecule has 1 aromatic heterocycles. The van der Waals surface area contributed by atoms with E-state index in [-0.39, 0.29) is 5.78 Å². The van der Waals surface area contributed by atoms with Gasteiger partial charge in [-0.05, 0) is 53.4 Å². The molecule has 0 unspecified atom stereocenters. The molecule has 0 aliphatic heterocycles. The van der Waals surface area contributed by atoms with E-state index in [9.17, 15) is 4.79 Å². The lowest BCUT2D eigenvalue weighted by molar-refractivity contribution is 0.102. The fourth-order valence-corrected chi connectivity index (χ4v) is 2.47. The topological polar surface area (TPSA) is 34.9 Å². The Labute approximate surface area is 121 Å². The Morgan fingerprint density at radius 1 is 1.32 bits per heavy atom. The molecule has 2 rings (SSSR count). The van der Waals surface area contributed by atoms with E-state index in [4.69, 9.17) is 0 Å². The van der Waals surface area contributed by atoms with Crippen LogP contribution >= 0.6 is 15.9 Å². The molecule has 0 amide bonds.